The van der Waals surface area contributed by atoms with Crippen LogP contribution in [0.3, 0.4) is 0 Å². The first-order chi connectivity index (χ1) is 8.61. The molecule has 0 amide bonds. The van der Waals surface area contributed by atoms with Crippen molar-refractivity contribution in [3.8, 4) is 0 Å². The minimum Gasteiger partial charge on any atom is -0.478 e. The van der Waals surface area contributed by atoms with Gasteiger partial charge in [0.05, 0.1) is 0 Å². The van der Waals surface area contributed by atoms with Crippen LogP contribution in [0.25, 0.3) is 0 Å². The summed E-state index contributed by atoms with van der Waals surface area (Å²) in [7, 11) is 0. The second-order valence-electron chi connectivity index (χ2n) is 3.98. The molecule has 18 heavy (non-hydrogen) atoms. The number of carbonyl (C=O) groups excluding carboxylic acids is 1. The summed E-state index contributed by atoms with van der Waals surface area (Å²) in [6.45, 7) is 2.12. The van der Waals surface area contributed by atoms with Crippen molar-refractivity contribution in [2.24, 2.45) is 5.34 Å². The monoisotopic (exact) mass is 257 g/mol. The minimum atomic E-state index is -1.24. The van der Waals surface area contributed by atoms with E-state index in [1.807, 2.05) is 5.34 Å². The highest BCUT2D eigenvalue weighted by molar-refractivity contribution is 5.95. The van der Waals surface area contributed by atoms with Crippen LogP contribution in [-0.4, -0.2) is 17.0 Å². The predicted octanol–water partition coefficient (Wildman–Crippen LogP) is 2.97. The Morgan fingerprint density at radius 1 is 1.17 bits per heavy atom. The standard InChI is InChI=1S/C12H19NO5/c1-2-3-4-5-6-7-8-10(9-11(14)15)12(16)18-13-17/h9H,2-8H2,1H3,(H,14,15)/b10-9-. The molecule has 0 aliphatic carbocycles. The van der Waals surface area contributed by atoms with Gasteiger partial charge in [-0.2, -0.15) is 0 Å². The Balaban J connectivity index is 4.07. The molecule has 6 heteroatoms. The molecule has 0 aromatic rings. The Bertz CT molecular complexity index is 312. The highest BCUT2D eigenvalue weighted by Crippen LogP contribution is 2.13. The lowest BCUT2D eigenvalue weighted by Gasteiger charge is -2.03. The van der Waals surface area contributed by atoms with Gasteiger partial charge in [-0.3, -0.25) is 4.84 Å². The lowest BCUT2D eigenvalue weighted by atomic mass is 10.0. The van der Waals surface area contributed by atoms with Crippen molar-refractivity contribution in [1.82, 2.24) is 0 Å². The van der Waals surface area contributed by atoms with Gasteiger partial charge in [0.15, 0.2) is 5.34 Å². The summed E-state index contributed by atoms with van der Waals surface area (Å²) in [4.78, 5) is 35.4. The molecule has 0 radical (unpaired) electrons. The molecular formula is C12H19NO5. The van der Waals surface area contributed by atoms with E-state index in [4.69, 9.17) is 5.11 Å². The lowest BCUT2D eigenvalue weighted by molar-refractivity contribution is -0.140. The van der Waals surface area contributed by atoms with Crippen molar-refractivity contribution in [2.75, 3.05) is 0 Å². The van der Waals surface area contributed by atoms with Crippen LogP contribution in [0, 0.1) is 4.91 Å². The average Bonchev–Trinajstić information content (AvgIpc) is 2.32. The zero-order valence-electron chi connectivity index (χ0n) is 10.6. The van der Waals surface area contributed by atoms with Gasteiger partial charge in [-0.1, -0.05) is 39.0 Å². The van der Waals surface area contributed by atoms with Gasteiger partial charge in [0.2, 0.25) is 0 Å². The van der Waals surface area contributed by atoms with E-state index in [-0.39, 0.29) is 12.0 Å². The zero-order valence-corrected chi connectivity index (χ0v) is 10.6. The van der Waals surface area contributed by atoms with Crippen LogP contribution >= 0.6 is 0 Å². The fourth-order valence-corrected chi connectivity index (χ4v) is 1.57. The average molecular weight is 257 g/mol. The highest BCUT2D eigenvalue weighted by atomic mass is 16.7. The van der Waals surface area contributed by atoms with E-state index < -0.39 is 11.9 Å². The Morgan fingerprint density at radius 2 is 1.78 bits per heavy atom. The fourth-order valence-electron chi connectivity index (χ4n) is 1.57. The molecule has 0 heterocycles. The predicted molar refractivity (Wildman–Crippen MR) is 65.6 cm³/mol. The largest absolute Gasteiger partial charge is 0.478 e. The van der Waals surface area contributed by atoms with Crippen LogP contribution in [0.5, 0.6) is 0 Å². The second-order valence-corrected chi connectivity index (χ2v) is 3.98. The number of hydrogen-bond donors (Lipinski definition) is 1. The van der Waals surface area contributed by atoms with E-state index >= 15 is 0 Å². The molecule has 1 N–H and O–H groups in total. The molecule has 102 valence electrons. The maximum atomic E-state index is 11.2. The molecule has 0 saturated heterocycles. The first-order valence-corrected chi connectivity index (χ1v) is 6.09. The molecule has 0 rings (SSSR count). The summed E-state index contributed by atoms with van der Waals surface area (Å²) >= 11 is 0. The normalized spacial score (nSPS) is 11.1. The number of carboxylic acid groups (broad SMARTS) is 1. The third-order valence-electron chi connectivity index (χ3n) is 2.48. The van der Waals surface area contributed by atoms with Gasteiger partial charge in [-0.05, 0) is 12.8 Å². The first-order valence-electron chi connectivity index (χ1n) is 6.09. The van der Waals surface area contributed by atoms with E-state index in [0.717, 1.165) is 31.8 Å². The van der Waals surface area contributed by atoms with Crippen LogP contribution in [0.4, 0.5) is 0 Å². The molecule has 6 nitrogen and oxygen atoms in total. The Kier molecular flexibility index (Phi) is 9.44. The molecule has 0 unspecified atom stereocenters. The number of unbranched alkanes of at least 4 members (excludes halogenated alkanes) is 5. The molecular weight excluding hydrogens is 238 g/mol. The highest BCUT2D eigenvalue weighted by Gasteiger charge is 2.13. The summed E-state index contributed by atoms with van der Waals surface area (Å²) in [5, 5.41) is 10.6. The number of rotatable bonds is 10. The lowest BCUT2D eigenvalue weighted by Crippen LogP contribution is -2.06. The van der Waals surface area contributed by atoms with Gasteiger partial charge < -0.3 is 5.11 Å². The zero-order chi connectivity index (χ0) is 13.8. The maximum Gasteiger partial charge on any atom is 0.365 e. The van der Waals surface area contributed by atoms with E-state index in [0.29, 0.717) is 6.42 Å². The van der Waals surface area contributed by atoms with Gasteiger partial charge in [-0.25, -0.2) is 9.59 Å². The van der Waals surface area contributed by atoms with E-state index in [1.165, 1.54) is 6.42 Å². The summed E-state index contributed by atoms with van der Waals surface area (Å²) in [5.74, 6) is -2.22. The fraction of sp³-hybridized carbons (Fsp3) is 0.667. The number of carboxylic acids is 1. The van der Waals surface area contributed by atoms with Crippen LogP contribution in [0.1, 0.15) is 51.9 Å². The SMILES string of the molecule is CCCCCCCC/C(=C/C(=O)O)C(=O)ON=O. The Hall–Kier alpha value is -1.72. The number of nitrogens with zero attached hydrogens (tertiary/aromatic N) is 1. The summed E-state index contributed by atoms with van der Waals surface area (Å²) in [6.07, 6.45) is 7.17. The van der Waals surface area contributed by atoms with E-state index in [9.17, 15) is 14.5 Å². The van der Waals surface area contributed by atoms with E-state index in [2.05, 4.69) is 11.8 Å². The quantitative estimate of drug-likeness (QED) is 0.281. The van der Waals surface area contributed by atoms with Gasteiger partial charge >= 0.3 is 11.9 Å². The van der Waals surface area contributed by atoms with E-state index in [1.54, 1.807) is 0 Å². The van der Waals surface area contributed by atoms with Crippen molar-refractivity contribution >= 4 is 11.9 Å². The van der Waals surface area contributed by atoms with Crippen LogP contribution in [-0.2, 0) is 14.4 Å². The first kappa shape index (κ1) is 16.3. The maximum absolute atomic E-state index is 11.2. The number of aliphatic carboxylic acids is 1. The molecule has 0 aromatic carbocycles. The van der Waals surface area contributed by atoms with Crippen molar-refractivity contribution in [3.05, 3.63) is 16.6 Å². The molecule has 0 spiro atoms. The Morgan fingerprint density at radius 3 is 2.33 bits per heavy atom. The topological polar surface area (TPSA) is 93.0 Å². The van der Waals surface area contributed by atoms with Gasteiger partial charge in [0.1, 0.15) is 0 Å². The number of carbonyl (C=O) groups is 2. The van der Waals surface area contributed by atoms with Gasteiger partial charge in [0.25, 0.3) is 0 Å². The molecule has 0 aliphatic heterocycles. The molecule has 0 bridgehead atoms. The molecule has 0 atom stereocenters. The molecule has 0 aromatic heterocycles. The summed E-state index contributed by atoms with van der Waals surface area (Å²) in [6, 6.07) is 0. The van der Waals surface area contributed by atoms with Crippen molar-refractivity contribution < 1.29 is 19.5 Å². The van der Waals surface area contributed by atoms with Crippen LogP contribution in [0.2, 0.25) is 0 Å². The van der Waals surface area contributed by atoms with Crippen LogP contribution in [0.15, 0.2) is 17.0 Å². The number of hydrogen-bond acceptors (Lipinski definition) is 5. The molecule has 0 saturated carbocycles. The molecule has 0 fully saturated rings. The van der Waals surface area contributed by atoms with Crippen molar-refractivity contribution in [3.63, 3.8) is 0 Å². The van der Waals surface area contributed by atoms with Gasteiger partial charge in [-0.15, -0.1) is 4.91 Å². The van der Waals surface area contributed by atoms with Crippen LogP contribution < -0.4 is 0 Å². The second kappa shape index (κ2) is 10.4. The third-order valence-corrected chi connectivity index (χ3v) is 2.48. The smallest absolute Gasteiger partial charge is 0.365 e. The summed E-state index contributed by atoms with van der Waals surface area (Å²) < 4.78 is 0. The van der Waals surface area contributed by atoms with Crippen molar-refractivity contribution in [1.29, 1.82) is 0 Å². The molecule has 0 aliphatic rings. The minimum absolute atomic E-state index is 0.0300. The summed E-state index contributed by atoms with van der Waals surface area (Å²) in [5.41, 5.74) is -0.0300. The van der Waals surface area contributed by atoms with Gasteiger partial charge in [0, 0.05) is 11.6 Å². The van der Waals surface area contributed by atoms with Crippen molar-refractivity contribution in [2.45, 2.75) is 51.9 Å². The Labute approximate surface area is 106 Å². The third kappa shape index (κ3) is 8.43.